The van der Waals surface area contributed by atoms with Crippen LogP contribution in [0, 0.1) is 11.8 Å². The summed E-state index contributed by atoms with van der Waals surface area (Å²) in [5, 5.41) is 0. The quantitative estimate of drug-likeness (QED) is 0.549. The molecule has 3 aliphatic heterocycles. The lowest BCUT2D eigenvalue weighted by Crippen LogP contribution is -2.38. The van der Waals surface area contributed by atoms with Gasteiger partial charge in [-0.25, -0.2) is 4.79 Å². The normalized spacial score (nSPS) is 25.4. The summed E-state index contributed by atoms with van der Waals surface area (Å²) in [6.07, 6.45) is 3.72. The Kier molecular flexibility index (Phi) is 6.63. The minimum Gasteiger partial charge on any atom is -0.493 e. The molecule has 3 atom stereocenters. The Bertz CT molecular complexity index is 1230. The Morgan fingerprint density at radius 1 is 1.03 bits per heavy atom. The van der Waals surface area contributed by atoms with E-state index in [4.69, 9.17) is 18.4 Å². The minimum absolute atomic E-state index is 0.0168. The third kappa shape index (κ3) is 4.66. The van der Waals surface area contributed by atoms with E-state index in [1.54, 1.807) is 23.1 Å². The molecule has 1 saturated carbocycles. The second-order valence-corrected chi connectivity index (χ2v) is 11.3. The van der Waals surface area contributed by atoms with E-state index >= 15 is 0 Å². The van der Waals surface area contributed by atoms with Crippen LogP contribution in [0.4, 0.5) is 10.5 Å². The summed E-state index contributed by atoms with van der Waals surface area (Å²) in [5.74, 6) is 1.87. The molecule has 0 N–H and O–H groups in total. The van der Waals surface area contributed by atoms with E-state index in [1.807, 2.05) is 4.90 Å². The summed E-state index contributed by atoms with van der Waals surface area (Å²) in [5.41, 5.74) is 0.662. The lowest BCUT2D eigenvalue weighted by molar-refractivity contribution is 0.0917. The van der Waals surface area contributed by atoms with Crippen molar-refractivity contribution in [3.8, 4) is 23.0 Å². The molecule has 4 aliphatic rings. The van der Waals surface area contributed by atoms with Gasteiger partial charge in [-0.15, -0.1) is 0 Å². The van der Waals surface area contributed by atoms with E-state index in [2.05, 4.69) is 6.92 Å². The molecule has 9 nitrogen and oxygen atoms in total. The van der Waals surface area contributed by atoms with Crippen LogP contribution in [0.25, 0.3) is 0 Å². The molecule has 8 bridgehead atoms. The standard InChI is InChI=1S/C26H32N2O7S/c1-17-16-27-11-12-28(26(27)29)19-7-9-22(10-8-19)36(30,31)35-21-14-23(32-2)25(33-3)24(15-21)34-20-6-4-5-18(17)13-20/h7-10,14-15,17-18,20H,4-6,11-13,16H2,1-3H3/t17?,18-,20+/m0/s1. The molecule has 10 heteroatoms. The maximum absolute atomic E-state index is 13.1. The van der Waals surface area contributed by atoms with Gasteiger partial charge in [0.25, 0.3) is 0 Å². The molecule has 6 rings (SSSR count). The first-order valence-corrected chi connectivity index (χ1v) is 13.7. The van der Waals surface area contributed by atoms with Gasteiger partial charge in [0.1, 0.15) is 4.90 Å². The number of hydrogen-bond donors (Lipinski definition) is 0. The second kappa shape index (κ2) is 9.72. The second-order valence-electron chi connectivity index (χ2n) is 9.71. The van der Waals surface area contributed by atoms with Crippen molar-refractivity contribution in [1.82, 2.24) is 4.90 Å². The maximum atomic E-state index is 13.1. The molecule has 1 unspecified atom stereocenters. The summed E-state index contributed by atoms with van der Waals surface area (Å²) < 4.78 is 49.0. The van der Waals surface area contributed by atoms with Gasteiger partial charge in [-0.05, 0) is 61.8 Å². The van der Waals surface area contributed by atoms with Gasteiger partial charge >= 0.3 is 16.1 Å². The van der Waals surface area contributed by atoms with E-state index < -0.39 is 10.1 Å². The van der Waals surface area contributed by atoms with Crippen LogP contribution in [0.5, 0.6) is 23.0 Å². The zero-order chi connectivity index (χ0) is 25.4. The first kappa shape index (κ1) is 24.5. The van der Waals surface area contributed by atoms with Crippen LogP contribution in [-0.2, 0) is 10.1 Å². The van der Waals surface area contributed by atoms with Gasteiger partial charge in [0.2, 0.25) is 5.75 Å². The molecule has 2 fully saturated rings. The van der Waals surface area contributed by atoms with Crippen molar-refractivity contribution in [1.29, 1.82) is 0 Å². The summed E-state index contributed by atoms with van der Waals surface area (Å²) in [6, 6.07) is 9.14. The van der Waals surface area contributed by atoms with Gasteiger partial charge in [0.05, 0.1) is 20.3 Å². The molecule has 2 amide bonds. The largest absolute Gasteiger partial charge is 0.493 e. The monoisotopic (exact) mass is 516 g/mol. The highest BCUT2D eigenvalue weighted by Crippen LogP contribution is 2.44. The van der Waals surface area contributed by atoms with Crippen molar-refractivity contribution in [3.05, 3.63) is 36.4 Å². The molecule has 194 valence electrons. The number of nitrogens with zero attached hydrogens (tertiary/aromatic N) is 2. The number of carbonyl (C=O) groups excluding carboxylic acids is 1. The molecular formula is C26H32N2O7S. The maximum Gasteiger partial charge on any atom is 0.339 e. The zero-order valence-corrected chi connectivity index (χ0v) is 21.6. The topological polar surface area (TPSA) is 94.6 Å². The number of ether oxygens (including phenoxy) is 3. The Morgan fingerprint density at radius 3 is 2.53 bits per heavy atom. The van der Waals surface area contributed by atoms with Crippen molar-refractivity contribution >= 4 is 21.8 Å². The van der Waals surface area contributed by atoms with Crippen LogP contribution < -0.4 is 23.3 Å². The number of benzene rings is 2. The number of methoxy groups -OCH3 is 2. The van der Waals surface area contributed by atoms with E-state index in [1.165, 1.54) is 32.4 Å². The van der Waals surface area contributed by atoms with E-state index in [0.29, 0.717) is 54.4 Å². The molecule has 3 heterocycles. The van der Waals surface area contributed by atoms with Crippen LogP contribution in [-0.4, -0.2) is 59.3 Å². The third-order valence-corrected chi connectivity index (χ3v) is 8.69. The number of hydrogen-bond acceptors (Lipinski definition) is 7. The highest BCUT2D eigenvalue weighted by molar-refractivity contribution is 7.87. The van der Waals surface area contributed by atoms with Crippen molar-refractivity contribution in [2.75, 3.05) is 38.8 Å². The van der Waals surface area contributed by atoms with Crippen molar-refractivity contribution in [2.45, 2.75) is 43.6 Å². The van der Waals surface area contributed by atoms with Gasteiger partial charge in [-0.3, -0.25) is 4.90 Å². The van der Waals surface area contributed by atoms with Crippen molar-refractivity contribution < 1.29 is 31.6 Å². The smallest absolute Gasteiger partial charge is 0.339 e. The van der Waals surface area contributed by atoms with Crippen LogP contribution in [0.3, 0.4) is 0 Å². The molecular weight excluding hydrogens is 484 g/mol. The molecule has 0 spiro atoms. The average molecular weight is 517 g/mol. The van der Waals surface area contributed by atoms with Crippen molar-refractivity contribution in [2.24, 2.45) is 11.8 Å². The molecule has 36 heavy (non-hydrogen) atoms. The number of carbonyl (C=O) groups is 1. The zero-order valence-electron chi connectivity index (χ0n) is 20.8. The third-order valence-electron chi connectivity index (χ3n) is 7.43. The Hall–Kier alpha value is -3.14. The fourth-order valence-corrected chi connectivity index (χ4v) is 6.40. The highest BCUT2D eigenvalue weighted by Gasteiger charge is 2.35. The number of amides is 2. The molecule has 0 aromatic heterocycles. The van der Waals surface area contributed by atoms with Crippen LogP contribution >= 0.6 is 0 Å². The summed E-state index contributed by atoms with van der Waals surface area (Å²) >= 11 is 0. The lowest BCUT2D eigenvalue weighted by Gasteiger charge is -2.35. The number of rotatable bonds is 2. The predicted molar refractivity (Wildman–Crippen MR) is 134 cm³/mol. The summed E-state index contributed by atoms with van der Waals surface area (Å²) in [7, 11) is -1.14. The average Bonchev–Trinajstić information content (AvgIpc) is 3.23. The molecule has 2 aromatic rings. The fourth-order valence-electron chi connectivity index (χ4n) is 5.48. The van der Waals surface area contributed by atoms with Gasteiger partial charge in [0.15, 0.2) is 17.2 Å². The van der Waals surface area contributed by atoms with Gasteiger partial charge in [-0.1, -0.05) is 6.92 Å². The van der Waals surface area contributed by atoms with Crippen LogP contribution in [0.15, 0.2) is 41.3 Å². The molecule has 1 aliphatic carbocycles. The van der Waals surface area contributed by atoms with Gasteiger partial charge in [-0.2, -0.15) is 8.42 Å². The van der Waals surface area contributed by atoms with Crippen LogP contribution in [0.2, 0.25) is 0 Å². The molecule has 2 aromatic carbocycles. The molecule has 1 saturated heterocycles. The lowest BCUT2D eigenvalue weighted by atomic mass is 9.79. The number of fused-ring (bicyclic) bond motifs is 4. The first-order chi connectivity index (χ1) is 17.3. The Morgan fingerprint density at radius 2 is 1.81 bits per heavy atom. The van der Waals surface area contributed by atoms with E-state index in [0.717, 1.165) is 25.7 Å². The SMILES string of the molecule is COc1cc2cc(c1OC)O[C@@H]1CCC[C@@H](C1)C(C)CN1CCN(C1=O)c1ccc(cc1)S(=O)(=O)O2. The van der Waals surface area contributed by atoms with Gasteiger partial charge in [0, 0.05) is 37.5 Å². The minimum atomic E-state index is -4.14. The fraction of sp³-hybridized carbons (Fsp3) is 0.500. The predicted octanol–water partition coefficient (Wildman–Crippen LogP) is 4.30. The Labute approximate surface area is 212 Å². The number of anilines is 1. The Balaban J connectivity index is 1.56. The molecule has 0 radical (unpaired) electrons. The summed E-state index contributed by atoms with van der Waals surface area (Å²) in [6.45, 7) is 4.09. The van der Waals surface area contributed by atoms with Gasteiger partial charge < -0.3 is 23.3 Å². The van der Waals surface area contributed by atoms with Crippen LogP contribution in [0.1, 0.15) is 32.6 Å². The highest BCUT2D eigenvalue weighted by atomic mass is 32.2. The summed E-state index contributed by atoms with van der Waals surface area (Å²) in [4.78, 5) is 16.7. The first-order valence-electron chi connectivity index (χ1n) is 12.3. The van der Waals surface area contributed by atoms with Crippen molar-refractivity contribution in [3.63, 3.8) is 0 Å². The van der Waals surface area contributed by atoms with E-state index in [-0.39, 0.29) is 22.8 Å². The number of urea groups is 1. The van der Waals surface area contributed by atoms with E-state index in [9.17, 15) is 13.2 Å².